The summed E-state index contributed by atoms with van der Waals surface area (Å²) in [5, 5.41) is 8.76. The molecule has 31 heavy (non-hydrogen) atoms. The molecule has 0 bridgehead atoms. The van der Waals surface area contributed by atoms with Crippen LogP contribution in [0.1, 0.15) is 18.9 Å². The molecule has 1 fully saturated rings. The van der Waals surface area contributed by atoms with Crippen LogP contribution in [0.25, 0.3) is 12.3 Å². The van der Waals surface area contributed by atoms with Gasteiger partial charge in [0.1, 0.15) is 11.8 Å². The van der Waals surface area contributed by atoms with Crippen LogP contribution in [-0.4, -0.2) is 35.8 Å². The van der Waals surface area contributed by atoms with Crippen LogP contribution in [0.15, 0.2) is 60.8 Å². The number of benzene rings is 2. The lowest BCUT2D eigenvalue weighted by Crippen LogP contribution is -2.43. The van der Waals surface area contributed by atoms with Crippen molar-refractivity contribution in [1.29, 1.82) is 0 Å². The normalized spacial score (nSPS) is 19.5. The number of ether oxygens (including phenoxy) is 1. The predicted octanol–water partition coefficient (Wildman–Crippen LogP) is 1.57. The summed E-state index contributed by atoms with van der Waals surface area (Å²) in [5.74, 6) is 0.158. The molecule has 2 unspecified atom stereocenters. The molecule has 1 saturated heterocycles. The SMILES string of the molecule is CC1CC(NC(=O)Oc2cccc3c2=CC=CNC=3)C(=O)N1OCCc1ccccc1. The molecule has 7 nitrogen and oxygen atoms in total. The summed E-state index contributed by atoms with van der Waals surface area (Å²) in [4.78, 5) is 30.9. The van der Waals surface area contributed by atoms with Gasteiger partial charge in [-0.1, -0.05) is 42.5 Å². The predicted molar refractivity (Wildman–Crippen MR) is 117 cm³/mol. The Balaban J connectivity index is 1.35. The van der Waals surface area contributed by atoms with E-state index >= 15 is 0 Å². The molecule has 2 heterocycles. The summed E-state index contributed by atoms with van der Waals surface area (Å²) in [5.41, 5.74) is 1.14. The van der Waals surface area contributed by atoms with E-state index in [1.54, 1.807) is 12.3 Å². The topological polar surface area (TPSA) is 79.9 Å². The number of hydroxylamine groups is 2. The van der Waals surface area contributed by atoms with Crippen LogP contribution < -0.4 is 25.8 Å². The van der Waals surface area contributed by atoms with E-state index in [1.807, 2.05) is 67.7 Å². The minimum absolute atomic E-state index is 0.138. The van der Waals surface area contributed by atoms with E-state index in [4.69, 9.17) is 9.57 Å². The van der Waals surface area contributed by atoms with Gasteiger partial charge in [0, 0.05) is 22.8 Å². The van der Waals surface area contributed by atoms with Crippen molar-refractivity contribution in [2.45, 2.75) is 31.8 Å². The molecule has 0 spiro atoms. The summed E-state index contributed by atoms with van der Waals surface area (Å²) in [6.45, 7) is 2.29. The zero-order valence-corrected chi connectivity index (χ0v) is 17.3. The van der Waals surface area contributed by atoms with Crippen LogP contribution in [0.2, 0.25) is 0 Å². The number of nitrogens with one attached hydrogen (secondary N) is 2. The molecule has 7 heteroatoms. The molecule has 2 aromatic rings. The van der Waals surface area contributed by atoms with Crippen molar-refractivity contribution in [3.05, 3.63) is 76.8 Å². The third-order valence-electron chi connectivity index (χ3n) is 5.25. The number of carbonyl (C=O) groups is 2. The summed E-state index contributed by atoms with van der Waals surface area (Å²) >= 11 is 0. The molecule has 4 rings (SSSR count). The van der Waals surface area contributed by atoms with Gasteiger partial charge < -0.3 is 15.4 Å². The molecular formula is C24H25N3O4. The fourth-order valence-corrected chi connectivity index (χ4v) is 3.69. The number of allylic oxidation sites excluding steroid dienone is 1. The van der Waals surface area contributed by atoms with Gasteiger partial charge in [0.2, 0.25) is 0 Å². The second-order valence-electron chi connectivity index (χ2n) is 7.50. The standard InChI is InChI=1S/C24H25N3O4/c1-17-15-21(23(28)27(17)30-14-12-18-7-3-2-4-8-18)26-24(29)31-22-11-5-9-19-16-25-13-6-10-20(19)22/h2-11,13,16-17,21,25H,12,14-15H2,1H3,(H,26,29). The van der Waals surface area contributed by atoms with Gasteiger partial charge in [-0.05, 0) is 43.5 Å². The molecule has 0 aromatic heterocycles. The molecular weight excluding hydrogens is 394 g/mol. The largest absolute Gasteiger partial charge is 0.413 e. The molecule has 160 valence electrons. The van der Waals surface area contributed by atoms with Gasteiger partial charge in [-0.25, -0.2) is 9.86 Å². The van der Waals surface area contributed by atoms with Crippen LogP contribution in [-0.2, 0) is 16.1 Å². The van der Waals surface area contributed by atoms with E-state index in [-0.39, 0.29) is 11.9 Å². The third kappa shape index (κ3) is 4.95. The van der Waals surface area contributed by atoms with Gasteiger partial charge in [0.05, 0.1) is 12.6 Å². The van der Waals surface area contributed by atoms with Gasteiger partial charge in [-0.15, -0.1) is 0 Å². The third-order valence-corrected chi connectivity index (χ3v) is 5.25. The molecule has 2 amide bonds. The average molecular weight is 419 g/mol. The Morgan fingerprint density at radius 3 is 2.87 bits per heavy atom. The lowest BCUT2D eigenvalue weighted by Gasteiger charge is -2.20. The van der Waals surface area contributed by atoms with E-state index in [0.29, 0.717) is 25.2 Å². The molecule has 0 radical (unpaired) electrons. The number of hydrogen-bond acceptors (Lipinski definition) is 5. The van der Waals surface area contributed by atoms with Crippen molar-refractivity contribution in [3.63, 3.8) is 0 Å². The number of hydrogen-bond donors (Lipinski definition) is 2. The highest BCUT2D eigenvalue weighted by molar-refractivity contribution is 5.87. The summed E-state index contributed by atoms with van der Waals surface area (Å²) in [6, 6.07) is 14.6. The molecule has 2 aromatic carbocycles. The minimum Gasteiger partial charge on any atom is -0.410 e. The average Bonchev–Trinajstić information content (AvgIpc) is 2.93. The fourth-order valence-electron chi connectivity index (χ4n) is 3.69. The van der Waals surface area contributed by atoms with Crippen molar-refractivity contribution in [1.82, 2.24) is 15.7 Å². The van der Waals surface area contributed by atoms with Gasteiger partial charge in [0.15, 0.2) is 0 Å². The van der Waals surface area contributed by atoms with Crippen molar-refractivity contribution in [3.8, 4) is 5.75 Å². The van der Waals surface area contributed by atoms with Crippen LogP contribution in [0.5, 0.6) is 5.75 Å². The lowest BCUT2D eigenvalue weighted by molar-refractivity contribution is -0.187. The Kier molecular flexibility index (Phi) is 6.33. The molecule has 0 saturated carbocycles. The van der Waals surface area contributed by atoms with Gasteiger partial charge in [-0.2, -0.15) is 0 Å². The van der Waals surface area contributed by atoms with Crippen molar-refractivity contribution < 1.29 is 19.2 Å². The first-order valence-corrected chi connectivity index (χ1v) is 10.3. The Hall–Kier alpha value is -3.58. The van der Waals surface area contributed by atoms with Gasteiger partial charge >= 0.3 is 6.09 Å². The van der Waals surface area contributed by atoms with Crippen LogP contribution >= 0.6 is 0 Å². The zero-order valence-electron chi connectivity index (χ0n) is 17.3. The zero-order chi connectivity index (χ0) is 21.6. The first kappa shape index (κ1) is 20.7. The maximum Gasteiger partial charge on any atom is 0.413 e. The van der Waals surface area contributed by atoms with Crippen LogP contribution in [0.4, 0.5) is 4.79 Å². The van der Waals surface area contributed by atoms with E-state index in [1.165, 1.54) is 5.06 Å². The Morgan fingerprint density at radius 2 is 2.03 bits per heavy atom. The molecule has 2 aliphatic heterocycles. The first-order chi connectivity index (χ1) is 15.1. The highest BCUT2D eigenvalue weighted by Gasteiger charge is 2.39. The number of amides is 2. The monoisotopic (exact) mass is 419 g/mol. The molecule has 2 aliphatic rings. The summed E-state index contributed by atoms with van der Waals surface area (Å²) in [7, 11) is 0. The lowest BCUT2D eigenvalue weighted by atomic mass is 10.2. The van der Waals surface area contributed by atoms with Crippen molar-refractivity contribution in [2.24, 2.45) is 0 Å². The Labute approximate surface area is 180 Å². The van der Waals surface area contributed by atoms with Gasteiger partial charge in [0.25, 0.3) is 5.91 Å². The number of carbonyl (C=O) groups excluding carboxylic acids is 2. The van der Waals surface area contributed by atoms with Crippen LogP contribution in [0.3, 0.4) is 0 Å². The maximum atomic E-state index is 12.7. The molecule has 2 N–H and O–H groups in total. The number of nitrogens with zero attached hydrogens (tertiary/aromatic N) is 1. The first-order valence-electron chi connectivity index (χ1n) is 10.3. The van der Waals surface area contributed by atoms with E-state index < -0.39 is 12.1 Å². The quantitative estimate of drug-likeness (QED) is 0.743. The van der Waals surface area contributed by atoms with Crippen molar-refractivity contribution >= 4 is 24.3 Å². The molecule has 2 atom stereocenters. The Morgan fingerprint density at radius 1 is 1.19 bits per heavy atom. The van der Waals surface area contributed by atoms with E-state index in [9.17, 15) is 9.59 Å². The maximum absolute atomic E-state index is 12.7. The number of rotatable bonds is 6. The fraction of sp³-hybridized carbons (Fsp3) is 0.250. The Bertz CT molecular complexity index is 1100. The second-order valence-corrected chi connectivity index (χ2v) is 7.50. The minimum atomic E-state index is -0.682. The molecule has 0 aliphatic carbocycles. The van der Waals surface area contributed by atoms with E-state index in [0.717, 1.165) is 16.0 Å². The summed E-state index contributed by atoms with van der Waals surface area (Å²) < 4.78 is 5.51. The number of fused-ring (bicyclic) bond motifs is 1. The van der Waals surface area contributed by atoms with Crippen LogP contribution in [0, 0.1) is 0 Å². The van der Waals surface area contributed by atoms with Gasteiger partial charge in [-0.3, -0.25) is 9.63 Å². The second kappa shape index (κ2) is 9.49. The highest BCUT2D eigenvalue weighted by atomic mass is 16.7. The summed E-state index contributed by atoms with van der Waals surface area (Å²) in [6.07, 6.45) is 7.80. The smallest absolute Gasteiger partial charge is 0.410 e. The van der Waals surface area contributed by atoms with E-state index in [2.05, 4.69) is 10.6 Å². The highest BCUT2D eigenvalue weighted by Crippen LogP contribution is 2.20. The van der Waals surface area contributed by atoms with Crippen molar-refractivity contribution in [2.75, 3.05) is 6.61 Å².